The minimum Gasteiger partial charge on any atom is -0.543 e. The molecule has 1 aromatic carbocycles. The number of rotatable bonds is 3. The molecule has 0 fully saturated rings. The normalized spacial score (nSPS) is 13.8. The lowest BCUT2D eigenvalue weighted by Crippen LogP contribution is -2.17. The van der Waals surface area contributed by atoms with Gasteiger partial charge in [-0.15, -0.1) is 0 Å². The topological polar surface area (TPSA) is 9.23 Å². The van der Waals surface area contributed by atoms with Gasteiger partial charge in [0.15, 0.2) is 0 Å². The molecule has 0 unspecified atom stereocenters. The molecule has 2 rings (SSSR count). The van der Waals surface area contributed by atoms with Crippen LogP contribution in [0.25, 0.3) is 11.3 Å². The standard InChI is InChI=1S/C12H13OSi/c1-3-8-13-14(2)12-9-10-6-4-5-7-11(10)12/h3-9H,1-2H3. The highest BCUT2D eigenvalue weighted by atomic mass is 28.3. The van der Waals surface area contributed by atoms with Crippen LogP contribution < -0.4 is 0 Å². The van der Waals surface area contributed by atoms with Gasteiger partial charge in [-0.3, -0.25) is 0 Å². The van der Waals surface area contributed by atoms with E-state index in [1.165, 1.54) is 16.3 Å². The van der Waals surface area contributed by atoms with Gasteiger partial charge in [-0.2, -0.15) is 0 Å². The molecule has 0 bridgehead atoms. The van der Waals surface area contributed by atoms with Crippen LogP contribution in [0.2, 0.25) is 6.55 Å². The van der Waals surface area contributed by atoms with Crippen molar-refractivity contribution in [1.29, 1.82) is 0 Å². The summed E-state index contributed by atoms with van der Waals surface area (Å²) in [5.41, 5.74) is 2.71. The second kappa shape index (κ2) is 3.84. The van der Waals surface area contributed by atoms with Gasteiger partial charge < -0.3 is 4.43 Å². The lowest BCUT2D eigenvalue weighted by atomic mass is 9.98. The Balaban J connectivity index is 2.10. The SMILES string of the molecule is CC=CO[Si](C)C1=Cc2ccccc21. The van der Waals surface area contributed by atoms with Gasteiger partial charge in [-0.25, -0.2) is 0 Å². The zero-order chi connectivity index (χ0) is 9.97. The van der Waals surface area contributed by atoms with Crippen molar-refractivity contribution in [3.05, 3.63) is 47.7 Å². The third-order valence-electron chi connectivity index (χ3n) is 2.31. The van der Waals surface area contributed by atoms with Crippen molar-refractivity contribution in [1.82, 2.24) is 0 Å². The molecule has 1 aliphatic rings. The van der Waals surface area contributed by atoms with E-state index in [0.717, 1.165) is 0 Å². The molecule has 1 aromatic rings. The Hall–Kier alpha value is -1.28. The lowest BCUT2D eigenvalue weighted by molar-refractivity contribution is 0.506. The second-order valence-electron chi connectivity index (χ2n) is 3.29. The Labute approximate surface area is 86.5 Å². The van der Waals surface area contributed by atoms with E-state index in [-0.39, 0.29) is 0 Å². The van der Waals surface area contributed by atoms with Crippen LogP contribution in [0.1, 0.15) is 18.1 Å². The van der Waals surface area contributed by atoms with Crippen LogP contribution >= 0.6 is 0 Å². The van der Waals surface area contributed by atoms with Gasteiger partial charge in [-0.05, 0) is 29.8 Å². The van der Waals surface area contributed by atoms with Crippen molar-refractivity contribution in [3.63, 3.8) is 0 Å². The summed E-state index contributed by atoms with van der Waals surface area (Å²) in [6.45, 7) is 4.14. The first-order valence-electron chi connectivity index (χ1n) is 4.76. The van der Waals surface area contributed by atoms with Gasteiger partial charge in [0.2, 0.25) is 0 Å². The maximum atomic E-state index is 5.60. The van der Waals surface area contributed by atoms with Gasteiger partial charge >= 0.3 is 9.04 Å². The number of hydrogen-bond donors (Lipinski definition) is 0. The van der Waals surface area contributed by atoms with Gasteiger partial charge in [0.1, 0.15) is 0 Å². The molecule has 0 aliphatic heterocycles. The van der Waals surface area contributed by atoms with E-state index in [2.05, 4.69) is 36.9 Å². The van der Waals surface area contributed by atoms with Gasteiger partial charge in [0, 0.05) is 0 Å². The summed E-state index contributed by atoms with van der Waals surface area (Å²) in [4.78, 5) is 0. The van der Waals surface area contributed by atoms with Crippen LogP contribution in [0, 0.1) is 0 Å². The number of allylic oxidation sites excluding steroid dienone is 1. The molecular formula is C12H13OSi. The Bertz CT molecular complexity index is 393. The summed E-state index contributed by atoms with van der Waals surface area (Å²) in [6.07, 6.45) is 5.95. The van der Waals surface area contributed by atoms with E-state index >= 15 is 0 Å². The van der Waals surface area contributed by atoms with Crippen molar-refractivity contribution in [3.8, 4) is 0 Å². The van der Waals surface area contributed by atoms with Crippen molar-refractivity contribution < 1.29 is 4.43 Å². The molecule has 1 aliphatic carbocycles. The summed E-state index contributed by atoms with van der Waals surface area (Å²) in [6, 6.07) is 8.46. The third kappa shape index (κ3) is 1.53. The predicted octanol–water partition coefficient (Wildman–Crippen LogP) is 3.25. The molecule has 0 atom stereocenters. The van der Waals surface area contributed by atoms with E-state index in [1.807, 2.05) is 13.0 Å². The Morgan fingerprint density at radius 3 is 2.79 bits per heavy atom. The van der Waals surface area contributed by atoms with E-state index in [0.29, 0.717) is 0 Å². The molecule has 2 heteroatoms. The summed E-state index contributed by atoms with van der Waals surface area (Å²) < 4.78 is 5.60. The molecular weight excluding hydrogens is 188 g/mol. The summed E-state index contributed by atoms with van der Waals surface area (Å²) in [7, 11) is -0.832. The molecule has 0 amide bonds. The average Bonchev–Trinajstić information content (AvgIpc) is 2.17. The highest BCUT2D eigenvalue weighted by Gasteiger charge is 2.23. The highest BCUT2D eigenvalue weighted by Crippen LogP contribution is 2.33. The first-order chi connectivity index (χ1) is 6.83. The van der Waals surface area contributed by atoms with E-state index in [9.17, 15) is 0 Å². The van der Waals surface area contributed by atoms with Gasteiger partial charge in [0.25, 0.3) is 0 Å². The number of fused-ring (bicyclic) bond motifs is 1. The summed E-state index contributed by atoms with van der Waals surface area (Å²) in [5, 5.41) is 1.39. The van der Waals surface area contributed by atoms with Crippen LogP contribution in [0.3, 0.4) is 0 Å². The smallest absolute Gasteiger partial charge is 0.313 e. The monoisotopic (exact) mass is 201 g/mol. The van der Waals surface area contributed by atoms with Gasteiger partial charge in [0.05, 0.1) is 6.26 Å². The Morgan fingerprint density at radius 2 is 2.07 bits per heavy atom. The van der Waals surface area contributed by atoms with Crippen LogP contribution in [-0.4, -0.2) is 9.04 Å². The van der Waals surface area contributed by atoms with Crippen molar-refractivity contribution in [2.45, 2.75) is 13.5 Å². The first-order valence-corrected chi connectivity index (χ1v) is 6.66. The van der Waals surface area contributed by atoms with Gasteiger partial charge in [-0.1, -0.05) is 36.4 Å². The summed E-state index contributed by atoms with van der Waals surface area (Å²) >= 11 is 0. The molecule has 0 spiro atoms. The fraction of sp³-hybridized carbons (Fsp3) is 0.167. The minimum atomic E-state index is -0.832. The fourth-order valence-corrected chi connectivity index (χ4v) is 2.98. The van der Waals surface area contributed by atoms with E-state index in [1.54, 1.807) is 6.26 Å². The maximum absolute atomic E-state index is 5.60. The highest BCUT2D eigenvalue weighted by molar-refractivity contribution is 6.75. The molecule has 0 N–H and O–H groups in total. The maximum Gasteiger partial charge on any atom is 0.313 e. The predicted molar refractivity (Wildman–Crippen MR) is 61.8 cm³/mol. The first kappa shape index (κ1) is 9.28. The van der Waals surface area contributed by atoms with E-state index in [4.69, 9.17) is 4.43 Å². The summed E-state index contributed by atoms with van der Waals surface area (Å²) in [5.74, 6) is 0. The molecule has 14 heavy (non-hydrogen) atoms. The third-order valence-corrected chi connectivity index (χ3v) is 3.97. The quantitative estimate of drug-likeness (QED) is 0.539. The van der Waals surface area contributed by atoms with Crippen molar-refractivity contribution in [2.24, 2.45) is 0 Å². The molecule has 1 nitrogen and oxygen atoms in total. The van der Waals surface area contributed by atoms with Crippen molar-refractivity contribution in [2.75, 3.05) is 0 Å². The van der Waals surface area contributed by atoms with Crippen LogP contribution in [0.4, 0.5) is 0 Å². The number of hydrogen-bond acceptors (Lipinski definition) is 1. The largest absolute Gasteiger partial charge is 0.543 e. The van der Waals surface area contributed by atoms with Crippen molar-refractivity contribution >= 4 is 20.3 Å². The zero-order valence-electron chi connectivity index (χ0n) is 8.45. The molecule has 1 radical (unpaired) electrons. The molecule has 0 aromatic heterocycles. The van der Waals surface area contributed by atoms with Crippen LogP contribution in [0.15, 0.2) is 36.6 Å². The zero-order valence-corrected chi connectivity index (χ0v) is 9.45. The van der Waals surface area contributed by atoms with Crippen LogP contribution in [0.5, 0.6) is 0 Å². The lowest BCUT2D eigenvalue weighted by Gasteiger charge is -2.22. The molecule has 71 valence electrons. The Kier molecular flexibility index (Phi) is 2.55. The molecule has 0 heterocycles. The number of benzene rings is 1. The van der Waals surface area contributed by atoms with Crippen LogP contribution in [-0.2, 0) is 4.43 Å². The average molecular weight is 201 g/mol. The Morgan fingerprint density at radius 1 is 1.29 bits per heavy atom. The second-order valence-corrected chi connectivity index (χ2v) is 5.18. The molecule has 0 saturated heterocycles. The van der Waals surface area contributed by atoms with E-state index < -0.39 is 9.04 Å². The minimum absolute atomic E-state index is 0.832. The fourth-order valence-electron chi connectivity index (χ4n) is 1.55. The molecule has 0 saturated carbocycles.